The van der Waals surface area contributed by atoms with Crippen LogP contribution in [0.25, 0.3) is 0 Å². The zero-order valence-electron chi connectivity index (χ0n) is 49.9. The molecular weight excluding hydrogens is 1000 g/mol. The van der Waals surface area contributed by atoms with Crippen molar-refractivity contribution in [3.8, 4) is 0 Å². The molecular formula is C65H119NO13. The van der Waals surface area contributed by atoms with Crippen LogP contribution in [0.4, 0.5) is 0 Å². The van der Waals surface area contributed by atoms with Crippen molar-refractivity contribution in [2.75, 3.05) is 19.8 Å². The summed E-state index contributed by atoms with van der Waals surface area (Å²) < 4.78 is 22.8. The molecule has 2 aliphatic rings. The Balaban J connectivity index is 1.68. The van der Waals surface area contributed by atoms with Crippen molar-refractivity contribution in [2.45, 2.75) is 338 Å². The van der Waals surface area contributed by atoms with Crippen LogP contribution in [0.15, 0.2) is 48.6 Å². The van der Waals surface area contributed by atoms with Crippen LogP contribution >= 0.6 is 0 Å². The first-order valence-corrected chi connectivity index (χ1v) is 32.4. The number of aliphatic hydroxyl groups excluding tert-OH is 8. The van der Waals surface area contributed by atoms with E-state index in [-0.39, 0.29) is 18.9 Å². The molecule has 0 radical (unpaired) electrons. The molecule has 0 aromatic heterocycles. The molecule has 79 heavy (non-hydrogen) atoms. The lowest BCUT2D eigenvalue weighted by molar-refractivity contribution is -0.359. The fourth-order valence-corrected chi connectivity index (χ4v) is 10.6. The van der Waals surface area contributed by atoms with Crippen LogP contribution in [-0.2, 0) is 23.7 Å². The maximum atomic E-state index is 13.2. The average Bonchev–Trinajstić information content (AvgIpc) is 3.47. The van der Waals surface area contributed by atoms with Gasteiger partial charge in [-0.15, -0.1) is 0 Å². The van der Waals surface area contributed by atoms with Gasteiger partial charge in [0.25, 0.3) is 0 Å². The summed E-state index contributed by atoms with van der Waals surface area (Å²) >= 11 is 0. The summed E-state index contributed by atoms with van der Waals surface area (Å²) in [5, 5.41) is 87.2. The molecule has 2 aliphatic heterocycles. The Bertz CT molecular complexity index is 1510. The molecule has 14 nitrogen and oxygen atoms in total. The zero-order valence-corrected chi connectivity index (χ0v) is 49.9. The first-order chi connectivity index (χ1) is 38.6. The fraction of sp³-hybridized carbons (Fsp3) is 0.862. The van der Waals surface area contributed by atoms with E-state index in [1.165, 1.54) is 167 Å². The molecule has 0 aromatic rings. The summed E-state index contributed by atoms with van der Waals surface area (Å²) in [5.41, 5.74) is 0. The molecule has 0 spiro atoms. The van der Waals surface area contributed by atoms with Gasteiger partial charge in [-0.25, -0.2) is 0 Å². The van der Waals surface area contributed by atoms with E-state index in [0.29, 0.717) is 6.42 Å². The van der Waals surface area contributed by atoms with E-state index in [9.17, 15) is 45.6 Å². The van der Waals surface area contributed by atoms with Gasteiger partial charge in [0.1, 0.15) is 48.8 Å². The molecule has 2 rings (SSSR count). The standard InChI is InChI=1S/C65H119NO13/c1-3-5-7-9-11-13-15-17-19-20-21-22-23-24-25-26-27-28-29-30-31-32-33-35-36-38-40-42-44-46-48-54(69)53(66-57(70)49-47-45-43-41-39-37-34-18-16-14-12-10-8-6-4-2)52-76-64-62(75)60(73)63(56(51-68)78-64)79-65-61(74)59(72)58(71)55(50-67)77-65/h6,8,12,14,18,34,46,48,53-56,58-65,67-69,71-75H,3-5,7,9-11,13,15-17,19-33,35-45,47,49-52H2,1-2H3,(H,66,70)/b8-6-,14-12-,34-18-,48-46+. The smallest absolute Gasteiger partial charge is 0.220 e. The van der Waals surface area contributed by atoms with E-state index in [2.05, 4.69) is 55.6 Å². The summed E-state index contributed by atoms with van der Waals surface area (Å²) in [7, 11) is 0. The Morgan fingerprint density at radius 1 is 0.468 bits per heavy atom. The first-order valence-electron chi connectivity index (χ1n) is 32.4. The third-order valence-corrected chi connectivity index (χ3v) is 15.8. The van der Waals surface area contributed by atoms with Crippen LogP contribution in [0.3, 0.4) is 0 Å². The topological polar surface area (TPSA) is 228 Å². The highest BCUT2D eigenvalue weighted by atomic mass is 16.7. The number of carbonyl (C=O) groups is 1. The van der Waals surface area contributed by atoms with Gasteiger partial charge in [-0.3, -0.25) is 4.79 Å². The van der Waals surface area contributed by atoms with E-state index in [4.69, 9.17) is 18.9 Å². The third kappa shape index (κ3) is 35.6. The van der Waals surface area contributed by atoms with Crippen LogP contribution < -0.4 is 5.32 Å². The fourth-order valence-electron chi connectivity index (χ4n) is 10.6. The lowest BCUT2D eigenvalue weighted by Gasteiger charge is -2.46. The quantitative estimate of drug-likeness (QED) is 0.0204. The summed E-state index contributed by atoms with van der Waals surface area (Å²) in [5.74, 6) is -0.255. The van der Waals surface area contributed by atoms with Gasteiger partial charge in [0.15, 0.2) is 12.6 Å². The number of nitrogens with one attached hydrogen (secondary N) is 1. The summed E-state index contributed by atoms with van der Waals surface area (Å²) in [6.07, 6.45) is 47.5. The number of ether oxygens (including phenoxy) is 4. The summed E-state index contributed by atoms with van der Waals surface area (Å²) in [6.45, 7) is 2.69. The highest BCUT2D eigenvalue weighted by Gasteiger charge is 2.51. The van der Waals surface area contributed by atoms with Gasteiger partial charge < -0.3 is 65.1 Å². The van der Waals surface area contributed by atoms with Crippen LogP contribution in [-0.4, -0.2) is 140 Å². The molecule has 12 unspecified atom stereocenters. The Labute approximate surface area is 480 Å². The van der Waals surface area contributed by atoms with Crippen molar-refractivity contribution in [1.29, 1.82) is 0 Å². The van der Waals surface area contributed by atoms with E-state index in [1.54, 1.807) is 6.08 Å². The average molecular weight is 1120 g/mol. The normalized spacial score (nSPS) is 24.7. The highest BCUT2D eigenvalue weighted by molar-refractivity contribution is 5.76. The molecule has 2 fully saturated rings. The molecule has 9 N–H and O–H groups in total. The number of amides is 1. The van der Waals surface area contributed by atoms with Crippen LogP contribution in [0.2, 0.25) is 0 Å². The number of rotatable bonds is 52. The van der Waals surface area contributed by atoms with Crippen LogP contribution in [0, 0.1) is 0 Å². The maximum absolute atomic E-state index is 13.2. The second-order valence-corrected chi connectivity index (χ2v) is 22.9. The largest absolute Gasteiger partial charge is 0.394 e. The molecule has 462 valence electrons. The first kappa shape index (κ1) is 73.1. The second kappa shape index (κ2) is 50.5. The van der Waals surface area contributed by atoms with Crippen molar-refractivity contribution in [2.24, 2.45) is 0 Å². The molecule has 0 aromatic carbocycles. The molecule has 14 heteroatoms. The summed E-state index contributed by atoms with van der Waals surface area (Å²) in [6, 6.07) is -0.926. The Morgan fingerprint density at radius 3 is 1.34 bits per heavy atom. The number of allylic oxidation sites excluding steroid dienone is 7. The number of hydrogen-bond donors (Lipinski definition) is 9. The third-order valence-electron chi connectivity index (χ3n) is 15.8. The minimum atomic E-state index is -1.79. The van der Waals surface area contributed by atoms with E-state index < -0.39 is 86.8 Å². The van der Waals surface area contributed by atoms with Crippen LogP contribution in [0.5, 0.6) is 0 Å². The molecule has 2 heterocycles. The van der Waals surface area contributed by atoms with Gasteiger partial charge in [-0.1, -0.05) is 255 Å². The number of hydrogen-bond acceptors (Lipinski definition) is 13. The van der Waals surface area contributed by atoms with Gasteiger partial charge in [0.2, 0.25) is 5.91 Å². The minimum Gasteiger partial charge on any atom is -0.394 e. The predicted octanol–water partition coefficient (Wildman–Crippen LogP) is 12.0. The lowest BCUT2D eigenvalue weighted by atomic mass is 9.97. The Kier molecular flexibility index (Phi) is 46.7. The predicted molar refractivity (Wildman–Crippen MR) is 318 cm³/mol. The molecule has 12 atom stereocenters. The Morgan fingerprint density at radius 2 is 0.873 bits per heavy atom. The van der Waals surface area contributed by atoms with Crippen molar-refractivity contribution in [3.63, 3.8) is 0 Å². The molecule has 2 saturated heterocycles. The second-order valence-electron chi connectivity index (χ2n) is 22.9. The Hall–Kier alpha value is -2.05. The van der Waals surface area contributed by atoms with E-state index >= 15 is 0 Å². The SMILES string of the molecule is CC/C=C\C/C=C\C/C=C\CCCCCCCC(=O)NC(COC1OC(CO)C(OC2OC(CO)C(O)C(O)C2O)C(O)C1O)C(O)/C=C/CCCCCCCCCCCCCCCCCCCCCCCCCCCCCC. The van der Waals surface area contributed by atoms with Crippen molar-refractivity contribution >= 4 is 5.91 Å². The van der Waals surface area contributed by atoms with Gasteiger partial charge in [-0.05, 0) is 51.4 Å². The van der Waals surface area contributed by atoms with Gasteiger partial charge >= 0.3 is 0 Å². The van der Waals surface area contributed by atoms with Crippen molar-refractivity contribution < 1.29 is 64.6 Å². The number of carbonyl (C=O) groups excluding carboxylic acids is 1. The molecule has 0 saturated carbocycles. The maximum Gasteiger partial charge on any atom is 0.220 e. The number of unbranched alkanes of at least 4 members (excludes halogenated alkanes) is 33. The number of aliphatic hydroxyl groups is 8. The van der Waals surface area contributed by atoms with Crippen LogP contribution in [0.1, 0.15) is 264 Å². The lowest BCUT2D eigenvalue weighted by Crippen LogP contribution is -2.65. The van der Waals surface area contributed by atoms with Gasteiger partial charge in [0.05, 0.1) is 32.0 Å². The molecule has 0 bridgehead atoms. The van der Waals surface area contributed by atoms with Crippen molar-refractivity contribution in [3.05, 3.63) is 48.6 Å². The highest BCUT2D eigenvalue weighted by Crippen LogP contribution is 2.30. The van der Waals surface area contributed by atoms with E-state index in [0.717, 1.165) is 70.6 Å². The van der Waals surface area contributed by atoms with Gasteiger partial charge in [-0.2, -0.15) is 0 Å². The summed E-state index contributed by atoms with van der Waals surface area (Å²) in [4.78, 5) is 13.2. The monoisotopic (exact) mass is 1120 g/mol. The minimum absolute atomic E-state index is 0.255. The molecule has 0 aliphatic carbocycles. The van der Waals surface area contributed by atoms with E-state index in [1.807, 2.05) is 6.08 Å². The molecule has 1 amide bonds. The zero-order chi connectivity index (χ0) is 57.4. The van der Waals surface area contributed by atoms with Gasteiger partial charge in [0, 0.05) is 6.42 Å². The van der Waals surface area contributed by atoms with Crippen molar-refractivity contribution in [1.82, 2.24) is 5.32 Å².